The largest absolute Gasteiger partial charge is 1.00 e. The van der Waals surface area contributed by atoms with E-state index in [2.05, 4.69) is 26.2 Å². The zero-order valence-corrected chi connectivity index (χ0v) is 14.0. The third kappa shape index (κ3) is 6.43. The molecule has 0 aromatic carbocycles. The molecular formula is C11H24LiO3PSi. The van der Waals surface area contributed by atoms with E-state index in [0.717, 1.165) is 5.28 Å². The molecule has 0 unspecified atom stereocenters. The minimum absolute atomic E-state index is 0. The van der Waals surface area contributed by atoms with E-state index in [0.29, 0.717) is 19.6 Å². The van der Waals surface area contributed by atoms with Crippen molar-refractivity contribution in [2.75, 3.05) is 13.2 Å². The van der Waals surface area contributed by atoms with Crippen LogP contribution in [0.5, 0.6) is 0 Å². The zero-order chi connectivity index (χ0) is 12.8. The first-order valence-electron chi connectivity index (χ1n) is 5.68. The molecule has 0 aliphatic rings. The SMILES string of the molecule is C=CC[C-]([Si](C)(C)C)P(=O)(OCC)OCC.[Li+]. The number of allylic oxidation sites excluding steroid dienone is 1. The topological polar surface area (TPSA) is 35.5 Å². The summed E-state index contributed by atoms with van der Waals surface area (Å²) in [6, 6.07) is 0. The van der Waals surface area contributed by atoms with Crippen LogP contribution in [-0.2, 0) is 13.6 Å². The van der Waals surface area contributed by atoms with E-state index >= 15 is 0 Å². The van der Waals surface area contributed by atoms with Gasteiger partial charge in [-0.25, -0.2) is 0 Å². The van der Waals surface area contributed by atoms with Crippen molar-refractivity contribution in [3.05, 3.63) is 17.9 Å². The minimum atomic E-state index is -3.06. The van der Waals surface area contributed by atoms with Gasteiger partial charge in [0.15, 0.2) is 7.60 Å². The fraction of sp³-hybridized carbons (Fsp3) is 0.727. The van der Waals surface area contributed by atoms with Gasteiger partial charge in [0.2, 0.25) is 0 Å². The Morgan fingerprint density at radius 3 is 1.88 bits per heavy atom. The molecule has 0 atom stereocenters. The minimum Gasteiger partial charge on any atom is -0.331 e. The summed E-state index contributed by atoms with van der Waals surface area (Å²) in [4.78, 5) is 0. The number of hydrogen-bond acceptors (Lipinski definition) is 3. The molecule has 0 aromatic rings. The molecule has 6 heteroatoms. The first-order valence-corrected chi connectivity index (χ1v) is 10.7. The maximum absolute atomic E-state index is 12.7. The Balaban J connectivity index is 0. The van der Waals surface area contributed by atoms with Crippen LogP contribution in [0.1, 0.15) is 20.3 Å². The van der Waals surface area contributed by atoms with Crippen molar-refractivity contribution in [3.8, 4) is 0 Å². The van der Waals surface area contributed by atoms with E-state index in [1.807, 2.05) is 13.8 Å². The van der Waals surface area contributed by atoms with Crippen LogP contribution in [0.3, 0.4) is 0 Å². The first kappa shape index (κ1) is 20.0. The van der Waals surface area contributed by atoms with Gasteiger partial charge in [-0.3, -0.25) is 4.57 Å². The second kappa shape index (κ2) is 8.75. The maximum Gasteiger partial charge on any atom is 1.00 e. The van der Waals surface area contributed by atoms with Gasteiger partial charge in [-0.15, -0.1) is 19.1 Å². The predicted molar refractivity (Wildman–Crippen MR) is 72.3 cm³/mol. The molecule has 0 radical (unpaired) electrons. The second-order valence-electron chi connectivity index (χ2n) is 4.52. The average molecular weight is 270 g/mol. The Morgan fingerprint density at radius 1 is 1.24 bits per heavy atom. The van der Waals surface area contributed by atoms with Crippen LogP contribution in [0.25, 0.3) is 0 Å². The third-order valence-electron chi connectivity index (χ3n) is 2.13. The fourth-order valence-corrected chi connectivity index (χ4v) is 7.35. The molecule has 0 rings (SSSR count). The van der Waals surface area contributed by atoms with Gasteiger partial charge >= 0.3 is 18.9 Å². The normalized spacial score (nSPS) is 12.4. The monoisotopic (exact) mass is 270 g/mol. The van der Waals surface area contributed by atoms with Crippen molar-refractivity contribution in [2.45, 2.75) is 39.9 Å². The molecule has 96 valence electrons. The van der Waals surface area contributed by atoms with Gasteiger partial charge in [0.25, 0.3) is 0 Å². The van der Waals surface area contributed by atoms with Gasteiger partial charge in [-0.1, -0.05) is 27.7 Å². The van der Waals surface area contributed by atoms with Crippen molar-refractivity contribution in [3.63, 3.8) is 0 Å². The number of rotatable bonds is 8. The van der Waals surface area contributed by atoms with E-state index in [1.165, 1.54) is 0 Å². The average Bonchev–Trinajstić information content (AvgIpc) is 2.13. The Labute approximate surface area is 119 Å². The van der Waals surface area contributed by atoms with Crippen molar-refractivity contribution in [1.29, 1.82) is 0 Å². The van der Waals surface area contributed by atoms with Gasteiger partial charge in [-0.2, -0.15) is 5.28 Å². The molecule has 0 aromatic heterocycles. The Hall–Kier alpha value is 0.704. The summed E-state index contributed by atoms with van der Waals surface area (Å²) in [5.41, 5.74) is 0. The Kier molecular flexibility index (Phi) is 10.3. The van der Waals surface area contributed by atoms with Gasteiger partial charge in [-0.05, 0) is 13.8 Å². The second-order valence-corrected chi connectivity index (χ2v) is 12.1. The standard InChI is InChI=1S/C11H24O3PSi.Li/c1-7-10-11(16(4,5)6)15(12,13-8-2)14-9-3;/h7H,1,8-10H2,2-6H3;/q-1;+1. The summed E-state index contributed by atoms with van der Waals surface area (Å²) >= 11 is 0. The third-order valence-corrected chi connectivity index (χ3v) is 8.94. The summed E-state index contributed by atoms with van der Waals surface area (Å²) in [7, 11) is -4.75. The van der Waals surface area contributed by atoms with Crippen LogP contribution < -0.4 is 18.9 Å². The molecule has 0 saturated carbocycles. The van der Waals surface area contributed by atoms with Crippen molar-refractivity contribution in [2.24, 2.45) is 0 Å². The first-order chi connectivity index (χ1) is 7.31. The van der Waals surface area contributed by atoms with E-state index in [4.69, 9.17) is 9.05 Å². The summed E-state index contributed by atoms with van der Waals surface area (Å²) in [6.07, 6.45) is 2.39. The van der Waals surface area contributed by atoms with E-state index in [9.17, 15) is 4.57 Å². The summed E-state index contributed by atoms with van der Waals surface area (Å²) in [5, 5.41) is 0.929. The van der Waals surface area contributed by atoms with E-state index in [-0.39, 0.29) is 18.9 Å². The smallest absolute Gasteiger partial charge is 0.331 e. The molecule has 0 amide bonds. The quantitative estimate of drug-likeness (QED) is 0.288. The molecular weight excluding hydrogens is 246 g/mol. The molecule has 0 aliphatic heterocycles. The molecule has 17 heavy (non-hydrogen) atoms. The summed E-state index contributed by atoms with van der Waals surface area (Å²) in [5.74, 6) is 0. The van der Waals surface area contributed by atoms with Crippen LogP contribution >= 0.6 is 7.60 Å². The molecule has 0 aliphatic carbocycles. The Bertz CT molecular complexity index is 256. The van der Waals surface area contributed by atoms with E-state index in [1.54, 1.807) is 6.08 Å². The zero-order valence-electron chi connectivity index (χ0n) is 12.1. The Morgan fingerprint density at radius 2 is 1.65 bits per heavy atom. The van der Waals surface area contributed by atoms with Crippen LogP contribution in [0, 0.1) is 5.28 Å². The molecule has 0 spiro atoms. The van der Waals surface area contributed by atoms with Crippen LogP contribution in [0.4, 0.5) is 0 Å². The van der Waals surface area contributed by atoms with Crippen molar-refractivity contribution < 1.29 is 32.5 Å². The molecule has 0 bridgehead atoms. The molecule has 0 N–H and O–H groups in total. The van der Waals surface area contributed by atoms with Crippen LogP contribution in [0.2, 0.25) is 19.6 Å². The van der Waals surface area contributed by atoms with Gasteiger partial charge in [0, 0.05) is 0 Å². The molecule has 3 nitrogen and oxygen atoms in total. The van der Waals surface area contributed by atoms with Crippen molar-refractivity contribution >= 4 is 15.7 Å². The molecule has 0 heterocycles. The maximum atomic E-state index is 12.7. The fourth-order valence-electron chi connectivity index (χ4n) is 1.50. The number of hydrogen-bond donors (Lipinski definition) is 0. The summed E-state index contributed by atoms with van der Waals surface area (Å²) < 4.78 is 23.4. The summed E-state index contributed by atoms with van der Waals surface area (Å²) in [6.45, 7) is 14.6. The van der Waals surface area contributed by atoms with Gasteiger partial charge in [0.05, 0.1) is 13.2 Å². The predicted octanol–water partition coefficient (Wildman–Crippen LogP) is 1.24. The van der Waals surface area contributed by atoms with Gasteiger partial charge in [0.1, 0.15) is 0 Å². The van der Waals surface area contributed by atoms with Crippen molar-refractivity contribution in [1.82, 2.24) is 0 Å². The van der Waals surface area contributed by atoms with E-state index < -0.39 is 15.7 Å². The van der Waals surface area contributed by atoms with Gasteiger partial charge < -0.3 is 9.05 Å². The molecule has 0 fully saturated rings. The molecule has 0 saturated heterocycles. The van der Waals surface area contributed by atoms with Crippen LogP contribution in [0.15, 0.2) is 12.7 Å². The van der Waals surface area contributed by atoms with Crippen LogP contribution in [-0.4, -0.2) is 21.3 Å².